The fourth-order valence-corrected chi connectivity index (χ4v) is 5.31. The number of carboxylic acid groups (broad SMARTS) is 1. The number of carbonyl (C=O) groups excluding carboxylic acids is 1. The van der Waals surface area contributed by atoms with Gasteiger partial charge in [-0.3, -0.25) is 4.79 Å². The maximum atomic E-state index is 15.9. The molecule has 1 saturated carbocycles. The summed E-state index contributed by atoms with van der Waals surface area (Å²) < 4.78 is 51.2. The Balaban J connectivity index is 1.56. The molecule has 8 nitrogen and oxygen atoms in total. The molecule has 1 aromatic heterocycles. The monoisotopic (exact) mass is 491 g/mol. The van der Waals surface area contributed by atoms with Crippen LogP contribution < -0.4 is 15.6 Å². The van der Waals surface area contributed by atoms with Crippen LogP contribution in [0.15, 0.2) is 29.2 Å². The topological polar surface area (TPSA) is 101 Å². The van der Waals surface area contributed by atoms with E-state index in [0.717, 1.165) is 16.8 Å². The lowest BCUT2D eigenvalue weighted by Crippen LogP contribution is -2.44. The first-order valence-electron chi connectivity index (χ1n) is 11.5. The van der Waals surface area contributed by atoms with E-state index in [1.807, 2.05) is 12.2 Å². The molecule has 5 atom stereocenters. The van der Waals surface area contributed by atoms with Crippen LogP contribution in [0.3, 0.4) is 0 Å². The first-order valence-corrected chi connectivity index (χ1v) is 11.5. The molecule has 35 heavy (non-hydrogen) atoms. The maximum Gasteiger partial charge on any atom is 0.407 e. The summed E-state index contributed by atoms with van der Waals surface area (Å²) >= 11 is 0. The summed E-state index contributed by atoms with van der Waals surface area (Å²) in [6, 6.07) is -0.275. The average molecular weight is 491 g/mol. The smallest absolute Gasteiger partial charge is 0.407 e. The summed E-state index contributed by atoms with van der Waals surface area (Å²) in [5.74, 6) is -3.81. The molecule has 5 unspecified atom stereocenters. The van der Waals surface area contributed by atoms with Crippen LogP contribution in [0.5, 0.6) is 0 Å². The molecule has 0 bridgehead atoms. The molecule has 1 aromatic carbocycles. The van der Waals surface area contributed by atoms with E-state index < -0.39 is 52.3 Å². The Morgan fingerprint density at radius 3 is 2.69 bits per heavy atom. The van der Waals surface area contributed by atoms with Crippen LogP contribution in [0.1, 0.15) is 36.2 Å². The number of rotatable bonds is 5. The molecule has 186 valence electrons. The summed E-state index contributed by atoms with van der Waals surface area (Å²) in [4.78, 5) is 37.7. The molecule has 2 heterocycles. The van der Waals surface area contributed by atoms with Crippen molar-refractivity contribution >= 4 is 28.7 Å². The van der Waals surface area contributed by atoms with Gasteiger partial charge in [-0.25, -0.2) is 22.8 Å². The van der Waals surface area contributed by atoms with Crippen LogP contribution in [-0.4, -0.2) is 53.6 Å². The number of halogens is 3. The first kappa shape index (κ1) is 23.3. The van der Waals surface area contributed by atoms with Crippen LogP contribution in [0.2, 0.25) is 0 Å². The molecule has 3 aliphatic rings. The Kier molecular flexibility index (Phi) is 5.72. The number of hydrogen-bond acceptors (Lipinski definition) is 5. The van der Waals surface area contributed by atoms with Crippen molar-refractivity contribution in [3.8, 4) is 0 Å². The van der Waals surface area contributed by atoms with Gasteiger partial charge < -0.3 is 24.6 Å². The minimum absolute atomic E-state index is 0.0447. The van der Waals surface area contributed by atoms with Crippen LogP contribution in [0, 0.1) is 23.5 Å². The van der Waals surface area contributed by atoms with E-state index in [2.05, 4.69) is 5.32 Å². The second kappa shape index (κ2) is 8.62. The van der Waals surface area contributed by atoms with Crippen molar-refractivity contribution in [3.05, 3.63) is 51.8 Å². The summed E-state index contributed by atoms with van der Waals surface area (Å²) in [6.07, 6.45) is 3.53. The van der Waals surface area contributed by atoms with Gasteiger partial charge in [0.05, 0.1) is 23.6 Å². The molecule has 11 heteroatoms. The Labute approximate surface area is 198 Å². The molecule has 2 fully saturated rings. The standard InChI is InChI=1S/C24H24F3N3O5/c1-2-35-24(34)28-17-5-3-4-11-8-29(9-13(11)17)21-16(26)6-12-20(19(21)27)30(18-7-15(18)25)10-14(22(12)31)23(32)33/h3-4,6,10-11,13,15,17-18H,2,5,7-9H2,1H3,(H,28,34)(H,32,33). The van der Waals surface area contributed by atoms with Crippen molar-refractivity contribution in [2.75, 3.05) is 24.6 Å². The number of anilines is 1. The van der Waals surface area contributed by atoms with Crippen LogP contribution in [0.25, 0.3) is 10.9 Å². The summed E-state index contributed by atoms with van der Waals surface area (Å²) in [5, 5.41) is 11.7. The predicted octanol–water partition coefficient (Wildman–Crippen LogP) is 3.39. The van der Waals surface area contributed by atoms with E-state index in [1.165, 1.54) is 4.90 Å². The number of carboxylic acids is 1. The van der Waals surface area contributed by atoms with Crippen molar-refractivity contribution in [2.24, 2.45) is 11.8 Å². The highest BCUT2D eigenvalue weighted by molar-refractivity contribution is 5.94. The molecular formula is C24H24F3N3O5. The van der Waals surface area contributed by atoms with Gasteiger partial charge in [-0.1, -0.05) is 12.2 Å². The third-order valence-electron chi connectivity index (χ3n) is 7.05. The summed E-state index contributed by atoms with van der Waals surface area (Å²) in [5.41, 5.74) is -2.37. The minimum Gasteiger partial charge on any atom is -0.477 e. The molecule has 0 spiro atoms. The third-order valence-corrected chi connectivity index (χ3v) is 7.05. The highest BCUT2D eigenvalue weighted by Crippen LogP contribution is 2.43. The van der Waals surface area contributed by atoms with Gasteiger partial charge in [-0.2, -0.15) is 0 Å². The number of carbonyl (C=O) groups is 2. The lowest BCUT2D eigenvalue weighted by atomic mass is 9.83. The molecule has 1 saturated heterocycles. The second-order valence-corrected chi connectivity index (χ2v) is 9.19. The fraction of sp³-hybridized carbons (Fsp3) is 0.458. The number of aromatic carboxylic acids is 1. The van der Waals surface area contributed by atoms with Gasteiger partial charge in [0.1, 0.15) is 23.2 Å². The molecular weight excluding hydrogens is 467 g/mol. The molecule has 2 N–H and O–H groups in total. The molecule has 1 aliphatic heterocycles. The zero-order chi connectivity index (χ0) is 25.0. The maximum absolute atomic E-state index is 15.9. The lowest BCUT2D eigenvalue weighted by Gasteiger charge is -2.29. The van der Waals surface area contributed by atoms with E-state index in [4.69, 9.17) is 4.74 Å². The molecule has 1 amide bonds. The number of nitrogens with zero attached hydrogens (tertiary/aromatic N) is 2. The van der Waals surface area contributed by atoms with Crippen molar-refractivity contribution in [1.82, 2.24) is 9.88 Å². The van der Waals surface area contributed by atoms with Crippen LogP contribution >= 0.6 is 0 Å². The second-order valence-electron chi connectivity index (χ2n) is 9.19. The van der Waals surface area contributed by atoms with Gasteiger partial charge in [-0.15, -0.1) is 0 Å². The Morgan fingerprint density at radius 1 is 1.29 bits per heavy atom. The van der Waals surface area contributed by atoms with Crippen LogP contribution in [0.4, 0.5) is 23.7 Å². The summed E-state index contributed by atoms with van der Waals surface area (Å²) in [7, 11) is 0. The van der Waals surface area contributed by atoms with Crippen molar-refractivity contribution in [3.63, 3.8) is 0 Å². The van der Waals surface area contributed by atoms with Crippen molar-refractivity contribution in [1.29, 1.82) is 0 Å². The Morgan fingerprint density at radius 2 is 2.03 bits per heavy atom. The number of amides is 1. The normalized spacial score (nSPS) is 27.1. The molecule has 0 radical (unpaired) electrons. The first-order chi connectivity index (χ1) is 16.7. The van der Waals surface area contributed by atoms with Gasteiger partial charge in [0.25, 0.3) is 0 Å². The lowest BCUT2D eigenvalue weighted by molar-refractivity contribution is 0.0694. The number of hydrogen-bond donors (Lipinski definition) is 2. The van der Waals surface area contributed by atoms with Crippen molar-refractivity contribution in [2.45, 2.75) is 38.0 Å². The number of aromatic nitrogens is 1. The van der Waals surface area contributed by atoms with E-state index in [9.17, 15) is 23.9 Å². The van der Waals surface area contributed by atoms with Gasteiger partial charge in [0.15, 0.2) is 5.82 Å². The molecule has 5 rings (SSSR count). The zero-order valence-corrected chi connectivity index (χ0v) is 18.8. The fourth-order valence-electron chi connectivity index (χ4n) is 5.31. The van der Waals surface area contributed by atoms with E-state index in [1.54, 1.807) is 6.92 Å². The quantitative estimate of drug-likeness (QED) is 0.622. The minimum atomic E-state index is -1.55. The predicted molar refractivity (Wildman–Crippen MR) is 121 cm³/mol. The van der Waals surface area contributed by atoms with Gasteiger partial charge in [-0.05, 0) is 19.4 Å². The number of ether oxygens (including phenoxy) is 1. The third kappa shape index (κ3) is 3.92. The molecule has 2 aliphatic carbocycles. The largest absolute Gasteiger partial charge is 0.477 e. The number of alkyl halides is 1. The van der Waals surface area contributed by atoms with E-state index in [0.29, 0.717) is 6.42 Å². The summed E-state index contributed by atoms with van der Waals surface area (Å²) in [6.45, 7) is 2.41. The highest BCUT2D eigenvalue weighted by Gasteiger charge is 2.43. The number of benzene rings is 1. The van der Waals surface area contributed by atoms with Gasteiger partial charge in [0.2, 0.25) is 5.43 Å². The van der Waals surface area contributed by atoms with Crippen LogP contribution in [-0.2, 0) is 4.74 Å². The highest BCUT2D eigenvalue weighted by atomic mass is 19.1. The number of alkyl carbamates (subject to hydrolysis) is 1. The Bertz CT molecular complexity index is 1310. The Hall–Kier alpha value is -3.50. The van der Waals surface area contributed by atoms with Gasteiger partial charge in [0, 0.05) is 43.6 Å². The molecule has 2 aromatic rings. The number of pyridine rings is 1. The zero-order valence-electron chi connectivity index (χ0n) is 18.8. The SMILES string of the molecule is CCOC(=O)NC1CC=CC2CN(c3c(F)cc4c(=O)c(C(=O)O)cn(C5CC5F)c4c3F)CC21. The number of fused-ring (bicyclic) bond motifs is 2. The number of nitrogens with one attached hydrogen (secondary N) is 1. The van der Waals surface area contributed by atoms with E-state index in [-0.39, 0.29) is 55.2 Å². The van der Waals surface area contributed by atoms with Crippen molar-refractivity contribution < 1.29 is 32.6 Å². The van der Waals surface area contributed by atoms with Gasteiger partial charge >= 0.3 is 12.1 Å². The average Bonchev–Trinajstić information content (AvgIpc) is 3.36. The van der Waals surface area contributed by atoms with E-state index >= 15 is 8.78 Å².